The molecule has 0 saturated heterocycles. The van der Waals surface area contributed by atoms with Crippen molar-refractivity contribution in [3.63, 3.8) is 0 Å². The molecule has 2 aromatic carbocycles. The highest BCUT2D eigenvalue weighted by Crippen LogP contribution is 2.21. The first-order valence-electron chi connectivity index (χ1n) is 6.91. The summed E-state index contributed by atoms with van der Waals surface area (Å²) in [5.41, 5.74) is 3.29. The normalized spacial score (nSPS) is 10.2. The van der Waals surface area contributed by atoms with E-state index in [1.54, 1.807) is 0 Å². The van der Waals surface area contributed by atoms with Gasteiger partial charge in [0.25, 0.3) is 0 Å². The Morgan fingerprint density at radius 2 is 1.65 bits per heavy atom. The lowest BCUT2D eigenvalue weighted by molar-refractivity contribution is 0.786. The Bertz CT molecular complexity index is 701. The highest BCUT2D eigenvalue weighted by Gasteiger charge is 2.08. The molecule has 0 aliphatic heterocycles. The van der Waals surface area contributed by atoms with Gasteiger partial charge in [-0.15, -0.1) is 0 Å². The number of nitrogens with zero attached hydrogens (tertiary/aromatic N) is 2. The number of aryl methyl sites for hydroxylation is 1. The van der Waals surface area contributed by atoms with Gasteiger partial charge in [-0.05, 0) is 30.7 Å². The number of rotatable bonds is 2. The number of imidazole rings is 1. The number of aromatic nitrogens is 2. The number of fused-ring (bicyclic) bond motifs is 1. The van der Waals surface area contributed by atoms with E-state index in [-0.39, 0.29) is 0 Å². The lowest BCUT2D eigenvalue weighted by Gasteiger charge is -2.08. The summed E-state index contributed by atoms with van der Waals surface area (Å²) in [4.78, 5) is 4.56. The van der Waals surface area contributed by atoms with E-state index in [9.17, 15) is 0 Å². The molecular formula is C17H19ClN2. The fourth-order valence-corrected chi connectivity index (χ4v) is 2.39. The monoisotopic (exact) mass is 286 g/mol. The van der Waals surface area contributed by atoms with Crippen molar-refractivity contribution in [2.75, 3.05) is 0 Å². The number of halogens is 1. The van der Waals surface area contributed by atoms with E-state index in [0.717, 1.165) is 34.0 Å². The fourth-order valence-electron chi connectivity index (χ4n) is 2.19. The standard InChI is InChI=1S/C15H13ClN2.C2H6/c1-11-17-14-8-4-5-9-15(14)18(11)10-12-6-2-3-7-13(12)16;1-2/h2-9H,10H2,1H3;1-2H3. The first-order valence-corrected chi connectivity index (χ1v) is 7.29. The summed E-state index contributed by atoms with van der Waals surface area (Å²) in [6.45, 7) is 6.78. The van der Waals surface area contributed by atoms with E-state index < -0.39 is 0 Å². The van der Waals surface area contributed by atoms with Crippen molar-refractivity contribution < 1.29 is 0 Å². The Hall–Kier alpha value is -1.80. The van der Waals surface area contributed by atoms with Crippen LogP contribution in [0.1, 0.15) is 25.2 Å². The molecule has 3 aromatic rings. The Morgan fingerprint density at radius 1 is 1.00 bits per heavy atom. The van der Waals surface area contributed by atoms with Crippen LogP contribution in [0, 0.1) is 6.92 Å². The van der Waals surface area contributed by atoms with Crippen LogP contribution in [0.2, 0.25) is 5.02 Å². The van der Waals surface area contributed by atoms with Gasteiger partial charge in [-0.1, -0.05) is 55.8 Å². The van der Waals surface area contributed by atoms with Crippen LogP contribution in [0.3, 0.4) is 0 Å². The number of para-hydroxylation sites is 2. The zero-order chi connectivity index (χ0) is 14.5. The van der Waals surface area contributed by atoms with Crippen LogP contribution in [0.4, 0.5) is 0 Å². The first-order chi connectivity index (χ1) is 9.75. The third-order valence-electron chi connectivity index (χ3n) is 3.13. The molecule has 0 saturated carbocycles. The third kappa shape index (κ3) is 2.86. The molecule has 0 N–H and O–H groups in total. The predicted molar refractivity (Wildman–Crippen MR) is 86.4 cm³/mol. The van der Waals surface area contributed by atoms with Crippen LogP contribution in [-0.4, -0.2) is 9.55 Å². The van der Waals surface area contributed by atoms with Crippen molar-refractivity contribution in [3.8, 4) is 0 Å². The molecule has 3 heteroatoms. The third-order valence-corrected chi connectivity index (χ3v) is 3.50. The molecule has 0 amide bonds. The molecule has 104 valence electrons. The van der Waals surface area contributed by atoms with Crippen molar-refractivity contribution in [3.05, 3.63) is 64.9 Å². The number of hydrogen-bond donors (Lipinski definition) is 0. The molecule has 0 radical (unpaired) electrons. The molecule has 0 spiro atoms. The second-order valence-corrected chi connectivity index (χ2v) is 4.73. The van der Waals surface area contributed by atoms with Crippen molar-refractivity contribution in [1.82, 2.24) is 9.55 Å². The van der Waals surface area contributed by atoms with Gasteiger partial charge in [0.15, 0.2) is 0 Å². The van der Waals surface area contributed by atoms with Gasteiger partial charge in [-0.2, -0.15) is 0 Å². The number of hydrogen-bond acceptors (Lipinski definition) is 1. The maximum Gasteiger partial charge on any atom is 0.107 e. The van der Waals surface area contributed by atoms with E-state index in [1.165, 1.54) is 0 Å². The predicted octanol–water partition coefficient (Wildman–Crippen LogP) is 5.07. The maximum atomic E-state index is 6.21. The minimum Gasteiger partial charge on any atom is -0.324 e. The summed E-state index contributed by atoms with van der Waals surface area (Å²) in [6, 6.07) is 16.1. The largest absolute Gasteiger partial charge is 0.324 e. The van der Waals surface area contributed by atoms with Crippen molar-refractivity contribution in [1.29, 1.82) is 0 Å². The molecule has 0 atom stereocenters. The van der Waals surface area contributed by atoms with Gasteiger partial charge in [-0.25, -0.2) is 4.98 Å². The molecule has 20 heavy (non-hydrogen) atoms. The van der Waals surface area contributed by atoms with Gasteiger partial charge in [0, 0.05) is 5.02 Å². The van der Waals surface area contributed by atoms with Gasteiger partial charge in [0.2, 0.25) is 0 Å². The lowest BCUT2D eigenvalue weighted by atomic mass is 10.2. The second kappa shape index (κ2) is 6.58. The van der Waals surface area contributed by atoms with Crippen LogP contribution in [-0.2, 0) is 6.54 Å². The molecule has 3 rings (SSSR count). The van der Waals surface area contributed by atoms with Gasteiger partial charge in [0.1, 0.15) is 5.82 Å². The molecule has 0 bridgehead atoms. The van der Waals surface area contributed by atoms with Crippen molar-refractivity contribution in [2.45, 2.75) is 27.3 Å². The van der Waals surface area contributed by atoms with Crippen LogP contribution in [0.25, 0.3) is 11.0 Å². The van der Waals surface area contributed by atoms with E-state index in [4.69, 9.17) is 11.6 Å². The van der Waals surface area contributed by atoms with Crippen molar-refractivity contribution >= 4 is 22.6 Å². The van der Waals surface area contributed by atoms with Crippen LogP contribution < -0.4 is 0 Å². The van der Waals surface area contributed by atoms with Gasteiger partial charge in [-0.3, -0.25) is 0 Å². The summed E-state index contributed by atoms with van der Waals surface area (Å²) in [7, 11) is 0. The van der Waals surface area contributed by atoms with Crippen molar-refractivity contribution in [2.24, 2.45) is 0 Å². The molecule has 2 nitrogen and oxygen atoms in total. The molecule has 0 fully saturated rings. The first kappa shape index (κ1) is 14.6. The Kier molecular flexibility index (Phi) is 4.80. The SMILES string of the molecule is CC.Cc1nc2ccccc2n1Cc1ccccc1Cl. The molecule has 0 unspecified atom stereocenters. The summed E-state index contributed by atoms with van der Waals surface area (Å²) in [6.07, 6.45) is 0. The van der Waals surface area contributed by atoms with Crippen LogP contribution in [0.5, 0.6) is 0 Å². The highest BCUT2D eigenvalue weighted by molar-refractivity contribution is 6.31. The Balaban J connectivity index is 0.000000704. The summed E-state index contributed by atoms with van der Waals surface area (Å²) in [5.74, 6) is 1.01. The molecule has 1 aromatic heterocycles. The molecule has 0 aliphatic rings. The van der Waals surface area contributed by atoms with Crippen LogP contribution in [0.15, 0.2) is 48.5 Å². The average molecular weight is 287 g/mol. The smallest absolute Gasteiger partial charge is 0.107 e. The minimum absolute atomic E-state index is 0.756. The van der Waals surface area contributed by atoms with Gasteiger partial charge in [0.05, 0.1) is 17.6 Å². The zero-order valence-corrected chi connectivity index (χ0v) is 12.9. The second-order valence-electron chi connectivity index (χ2n) is 4.33. The Morgan fingerprint density at radius 3 is 2.40 bits per heavy atom. The Labute approximate surface area is 125 Å². The maximum absolute atomic E-state index is 6.21. The van der Waals surface area contributed by atoms with E-state index in [2.05, 4.69) is 21.7 Å². The summed E-state index contributed by atoms with van der Waals surface area (Å²) in [5, 5.41) is 0.801. The zero-order valence-electron chi connectivity index (χ0n) is 12.1. The fraction of sp³-hybridized carbons (Fsp3) is 0.235. The van der Waals surface area contributed by atoms with Gasteiger partial charge >= 0.3 is 0 Å². The molecular weight excluding hydrogens is 268 g/mol. The van der Waals surface area contributed by atoms with E-state index in [0.29, 0.717) is 0 Å². The average Bonchev–Trinajstić information content (AvgIpc) is 2.80. The summed E-state index contributed by atoms with van der Waals surface area (Å²) < 4.78 is 2.19. The lowest BCUT2D eigenvalue weighted by Crippen LogP contribution is -2.02. The summed E-state index contributed by atoms with van der Waals surface area (Å²) >= 11 is 6.21. The quantitative estimate of drug-likeness (QED) is 0.643. The molecule has 1 heterocycles. The highest BCUT2D eigenvalue weighted by atomic mass is 35.5. The number of benzene rings is 2. The van der Waals surface area contributed by atoms with Gasteiger partial charge < -0.3 is 4.57 Å². The topological polar surface area (TPSA) is 17.8 Å². The van der Waals surface area contributed by atoms with E-state index in [1.807, 2.05) is 57.2 Å². The van der Waals surface area contributed by atoms with E-state index >= 15 is 0 Å². The van der Waals surface area contributed by atoms with Crippen LogP contribution >= 0.6 is 11.6 Å². The minimum atomic E-state index is 0.756. The molecule has 0 aliphatic carbocycles.